The van der Waals surface area contributed by atoms with E-state index >= 15 is 0 Å². The summed E-state index contributed by atoms with van der Waals surface area (Å²) in [6, 6.07) is 22.1. The molecule has 2 amide bonds. The molecule has 1 aromatic heterocycles. The van der Waals surface area contributed by atoms with Crippen molar-refractivity contribution >= 4 is 34.8 Å². The zero-order chi connectivity index (χ0) is 24.9. The van der Waals surface area contributed by atoms with Crippen LogP contribution in [0.2, 0.25) is 5.02 Å². The standard InChI is InChI=1S/C29H27ClN4O2/c30-23-12-6-22(7-13-23)29(36)33-25-16-10-20(11-17-25)27-31-18-26(34-27)19-8-14-24(15-9-19)32-28(35)21-4-2-1-3-5-21/h6-18,21H,1-5H2,(H,31,34)(H,32,35)(H,33,36). The van der Waals surface area contributed by atoms with Gasteiger partial charge in [-0.15, -0.1) is 0 Å². The average Bonchev–Trinajstić information content (AvgIpc) is 3.41. The van der Waals surface area contributed by atoms with Crippen molar-refractivity contribution in [1.82, 2.24) is 9.97 Å². The van der Waals surface area contributed by atoms with Crippen LogP contribution in [0.3, 0.4) is 0 Å². The van der Waals surface area contributed by atoms with Gasteiger partial charge in [0.2, 0.25) is 5.91 Å². The van der Waals surface area contributed by atoms with Crippen molar-refractivity contribution in [3.63, 3.8) is 0 Å². The quantitative estimate of drug-likeness (QED) is 0.263. The molecule has 182 valence electrons. The molecular formula is C29H27ClN4O2. The molecule has 0 aliphatic heterocycles. The molecule has 7 heteroatoms. The second kappa shape index (κ2) is 10.8. The summed E-state index contributed by atoms with van der Waals surface area (Å²) in [6.45, 7) is 0. The second-order valence-corrected chi connectivity index (χ2v) is 9.52. The summed E-state index contributed by atoms with van der Waals surface area (Å²) in [6.07, 6.45) is 7.27. The first-order valence-electron chi connectivity index (χ1n) is 12.2. The monoisotopic (exact) mass is 498 g/mol. The number of hydrogen-bond acceptors (Lipinski definition) is 3. The molecule has 1 fully saturated rings. The van der Waals surface area contributed by atoms with Crippen LogP contribution in [-0.4, -0.2) is 21.8 Å². The van der Waals surface area contributed by atoms with E-state index in [-0.39, 0.29) is 17.7 Å². The number of nitrogens with one attached hydrogen (secondary N) is 3. The SMILES string of the molecule is O=C(Nc1ccc(-c2ncc(-c3ccc(NC(=O)C4CCCCC4)cc3)[nH]2)cc1)c1ccc(Cl)cc1. The van der Waals surface area contributed by atoms with Gasteiger partial charge in [-0.25, -0.2) is 4.98 Å². The molecule has 3 aromatic carbocycles. The fourth-order valence-electron chi connectivity index (χ4n) is 4.47. The van der Waals surface area contributed by atoms with Crippen molar-refractivity contribution in [3.8, 4) is 22.6 Å². The number of nitrogens with zero attached hydrogens (tertiary/aromatic N) is 1. The highest BCUT2D eigenvalue weighted by molar-refractivity contribution is 6.30. The minimum absolute atomic E-state index is 0.124. The number of aromatic nitrogens is 2. The topological polar surface area (TPSA) is 86.9 Å². The number of halogens is 1. The van der Waals surface area contributed by atoms with E-state index in [9.17, 15) is 9.59 Å². The minimum Gasteiger partial charge on any atom is -0.338 e. The van der Waals surface area contributed by atoms with E-state index in [4.69, 9.17) is 11.6 Å². The van der Waals surface area contributed by atoms with Crippen LogP contribution >= 0.6 is 11.6 Å². The summed E-state index contributed by atoms with van der Waals surface area (Å²) in [7, 11) is 0. The first-order chi connectivity index (χ1) is 17.5. The first-order valence-corrected chi connectivity index (χ1v) is 12.6. The van der Waals surface area contributed by atoms with Gasteiger partial charge in [-0.3, -0.25) is 9.59 Å². The summed E-state index contributed by atoms with van der Waals surface area (Å²) in [4.78, 5) is 32.8. The van der Waals surface area contributed by atoms with Crippen LogP contribution in [0.4, 0.5) is 11.4 Å². The number of benzene rings is 3. The highest BCUT2D eigenvalue weighted by atomic mass is 35.5. The Labute approximate surface area is 215 Å². The molecule has 1 aliphatic carbocycles. The summed E-state index contributed by atoms with van der Waals surface area (Å²) in [5, 5.41) is 6.53. The Kier molecular flexibility index (Phi) is 7.14. The van der Waals surface area contributed by atoms with Gasteiger partial charge in [0.05, 0.1) is 11.9 Å². The number of imidazole rings is 1. The third-order valence-electron chi connectivity index (χ3n) is 6.54. The van der Waals surface area contributed by atoms with Gasteiger partial charge in [-0.1, -0.05) is 43.0 Å². The maximum absolute atomic E-state index is 12.5. The van der Waals surface area contributed by atoms with Crippen molar-refractivity contribution in [2.45, 2.75) is 32.1 Å². The minimum atomic E-state index is -0.196. The van der Waals surface area contributed by atoms with Crippen molar-refractivity contribution in [1.29, 1.82) is 0 Å². The number of anilines is 2. The lowest BCUT2D eigenvalue weighted by Gasteiger charge is -2.20. The van der Waals surface area contributed by atoms with E-state index < -0.39 is 0 Å². The Morgan fingerprint density at radius 3 is 2.06 bits per heavy atom. The van der Waals surface area contributed by atoms with Crippen molar-refractivity contribution in [2.24, 2.45) is 5.92 Å². The molecule has 6 nitrogen and oxygen atoms in total. The summed E-state index contributed by atoms with van der Waals surface area (Å²) >= 11 is 5.89. The lowest BCUT2D eigenvalue weighted by atomic mass is 9.88. The Hall–Kier alpha value is -3.90. The Bertz CT molecular complexity index is 1340. The molecule has 0 bridgehead atoms. The van der Waals surface area contributed by atoms with E-state index in [0.717, 1.165) is 54.0 Å². The fraction of sp³-hybridized carbons (Fsp3) is 0.207. The largest absolute Gasteiger partial charge is 0.338 e. The number of aromatic amines is 1. The molecule has 0 saturated heterocycles. The van der Waals surface area contributed by atoms with E-state index in [2.05, 4.69) is 20.6 Å². The number of amides is 2. The van der Waals surface area contributed by atoms with Crippen molar-refractivity contribution in [2.75, 3.05) is 10.6 Å². The lowest BCUT2D eigenvalue weighted by molar-refractivity contribution is -0.120. The van der Waals surface area contributed by atoms with Gasteiger partial charge >= 0.3 is 0 Å². The normalized spacial score (nSPS) is 13.8. The van der Waals surface area contributed by atoms with Gasteiger partial charge in [-0.2, -0.15) is 0 Å². The van der Waals surface area contributed by atoms with Gasteiger partial charge in [0.15, 0.2) is 0 Å². The van der Waals surface area contributed by atoms with Gasteiger partial charge in [-0.05, 0) is 79.1 Å². The summed E-state index contributed by atoms with van der Waals surface area (Å²) in [5.41, 5.74) is 4.81. The zero-order valence-corrected chi connectivity index (χ0v) is 20.5. The van der Waals surface area contributed by atoms with Crippen LogP contribution in [0.5, 0.6) is 0 Å². The molecule has 0 radical (unpaired) electrons. The smallest absolute Gasteiger partial charge is 0.255 e. The fourth-order valence-corrected chi connectivity index (χ4v) is 4.60. The molecule has 1 aliphatic rings. The predicted octanol–water partition coefficient (Wildman–Crippen LogP) is 7.17. The molecule has 36 heavy (non-hydrogen) atoms. The molecule has 1 saturated carbocycles. The van der Waals surface area contributed by atoms with Crippen LogP contribution in [0, 0.1) is 5.92 Å². The van der Waals surface area contributed by atoms with Crippen molar-refractivity contribution < 1.29 is 9.59 Å². The average molecular weight is 499 g/mol. The van der Waals surface area contributed by atoms with Crippen LogP contribution in [-0.2, 0) is 4.79 Å². The van der Waals surface area contributed by atoms with Gasteiger partial charge in [0, 0.05) is 33.4 Å². The lowest BCUT2D eigenvalue weighted by Crippen LogP contribution is -2.24. The molecule has 0 atom stereocenters. The van der Waals surface area contributed by atoms with E-state index in [1.54, 1.807) is 30.5 Å². The molecule has 5 rings (SSSR count). The molecule has 0 unspecified atom stereocenters. The molecular weight excluding hydrogens is 472 g/mol. The van der Waals surface area contributed by atoms with E-state index in [1.165, 1.54) is 6.42 Å². The third-order valence-corrected chi connectivity index (χ3v) is 6.79. The maximum atomic E-state index is 12.5. The van der Waals surface area contributed by atoms with Gasteiger partial charge < -0.3 is 15.6 Å². The van der Waals surface area contributed by atoms with E-state index in [1.807, 2.05) is 48.5 Å². The molecule has 3 N–H and O–H groups in total. The number of carbonyl (C=O) groups excluding carboxylic acids is 2. The number of H-pyrrole nitrogens is 1. The van der Waals surface area contributed by atoms with Gasteiger partial charge in [0.25, 0.3) is 5.91 Å². The number of hydrogen-bond donors (Lipinski definition) is 3. The first kappa shape index (κ1) is 23.8. The Morgan fingerprint density at radius 1 is 0.778 bits per heavy atom. The molecule has 4 aromatic rings. The maximum Gasteiger partial charge on any atom is 0.255 e. The Morgan fingerprint density at radius 2 is 1.39 bits per heavy atom. The second-order valence-electron chi connectivity index (χ2n) is 9.09. The zero-order valence-electron chi connectivity index (χ0n) is 19.8. The summed E-state index contributed by atoms with van der Waals surface area (Å²) in [5.74, 6) is 0.790. The predicted molar refractivity (Wildman–Crippen MR) is 144 cm³/mol. The number of carbonyl (C=O) groups is 2. The van der Waals surface area contributed by atoms with Gasteiger partial charge in [0.1, 0.15) is 5.82 Å². The Balaban J connectivity index is 1.21. The van der Waals surface area contributed by atoms with Crippen LogP contribution in [0.15, 0.2) is 79.0 Å². The van der Waals surface area contributed by atoms with Crippen LogP contribution in [0.25, 0.3) is 22.6 Å². The van der Waals surface area contributed by atoms with Crippen molar-refractivity contribution in [3.05, 3.63) is 89.6 Å². The number of rotatable bonds is 6. The third kappa shape index (κ3) is 5.66. The van der Waals surface area contributed by atoms with Crippen LogP contribution in [0.1, 0.15) is 42.5 Å². The highest BCUT2D eigenvalue weighted by Crippen LogP contribution is 2.27. The van der Waals surface area contributed by atoms with Crippen LogP contribution < -0.4 is 10.6 Å². The van der Waals surface area contributed by atoms with E-state index in [0.29, 0.717) is 16.3 Å². The molecule has 1 heterocycles. The summed E-state index contributed by atoms with van der Waals surface area (Å²) < 4.78 is 0. The highest BCUT2D eigenvalue weighted by Gasteiger charge is 2.21. The molecule has 0 spiro atoms.